The zero-order chi connectivity index (χ0) is 9.97. The van der Waals surface area contributed by atoms with E-state index in [9.17, 15) is 0 Å². The fourth-order valence-electron chi connectivity index (χ4n) is 1.22. The lowest BCUT2D eigenvalue weighted by Gasteiger charge is -2.02. The Kier molecular flexibility index (Phi) is 2.56. The van der Waals surface area contributed by atoms with Crippen molar-refractivity contribution in [1.29, 1.82) is 0 Å². The summed E-state index contributed by atoms with van der Waals surface area (Å²) in [4.78, 5) is 9.77. The molecule has 0 spiro atoms. The lowest BCUT2D eigenvalue weighted by molar-refractivity contribution is 0.975. The van der Waals surface area contributed by atoms with Crippen LogP contribution in [0.3, 0.4) is 0 Å². The maximum atomic E-state index is 5.54. The Morgan fingerprint density at radius 3 is 2.93 bits per heavy atom. The van der Waals surface area contributed by atoms with Crippen molar-refractivity contribution < 1.29 is 0 Å². The van der Waals surface area contributed by atoms with Crippen molar-refractivity contribution in [2.24, 2.45) is 5.73 Å². The minimum absolute atomic E-state index is 0.497. The second-order valence-corrected chi connectivity index (χ2v) is 3.93. The van der Waals surface area contributed by atoms with E-state index < -0.39 is 0 Å². The molecule has 0 saturated carbocycles. The first-order chi connectivity index (χ1) is 6.81. The molecule has 0 fully saturated rings. The van der Waals surface area contributed by atoms with Gasteiger partial charge in [-0.15, -0.1) is 11.3 Å². The van der Waals surface area contributed by atoms with Gasteiger partial charge in [-0.05, 0) is 18.4 Å². The average molecular weight is 205 g/mol. The summed E-state index contributed by atoms with van der Waals surface area (Å²) in [6, 6.07) is 4.01. The van der Waals surface area contributed by atoms with E-state index in [2.05, 4.69) is 9.97 Å². The molecule has 0 atom stereocenters. The fourth-order valence-corrected chi connectivity index (χ4v) is 1.88. The van der Waals surface area contributed by atoms with Crippen LogP contribution in [0.5, 0.6) is 0 Å². The van der Waals surface area contributed by atoms with E-state index in [0.717, 1.165) is 22.0 Å². The van der Waals surface area contributed by atoms with Gasteiger partial charge in [0.25, 0.3) is 0 Å². The van der Waals surface area contributed by atoms with Gasteiger partial charge in [0.05, 0.1) is 4.88 Å². The largest absolute Gasteiger partial charge is 0.326 e. The quantitative estimate of drug-likeness (QED) is 0.815. The average Bonchev–Trinajstić information content (AvgIpc) is 2.70. The smallest absolute Gasteiger partial charge is 0.169 e. The molecule has 4 heteroatoms. The molecule has 2 rings (SSSR count). The molecule has 2 N–H and O–H groups in total. The number of hydrogen-bond acceptors (Lipinski definition) is 4. The van der Waals surface area contributed by atoms with E-state index in [1.165, 1.54) is 0 Å². The molecular formula is C10H11N3S. The number of aryl methyl sites for hydroxylation is 1. The molecule has 2 heterocycles. The summed E-state index contributed by atoms with van der Waals surface area (Å²) in [5, 5.41) is 2.02. The Hall–Kier alpha value is -1.26. The minimum Gasteiger partial charge on any atom is -0.326 e. The van der Waals surface area contributed by atoms with E-state index in [1.54, 1.807) is 17.5 Å². The molecule has 0 saturated heterocycles. The molecule has 0 radical (unpaired) electrons. The van der Waals surface area contributed by atoms with Crippen LogP contribution in [0.25, 0.3) is 10.7 Å². The van der Waals surface area contributed by atoms with E-state index in [-0.39, 0.29) is 0 Å². The van der Waals surface area contributed by atoms with Gasteiger partial charge >= 0.3 is 0 Å². The van der Waals surface area contributed by atoms with Crippen molar-refractivity contribution in [1.82, 2.24) is 9.97 Å². The molecule has 14 heavy (non-hydrogen) atoms. The van der Waals surface area contributed by atoms with Gasteiger partial charge < -0.3 is 5.73 Å². The summed E-state index contributed by atoms with van der Waals surface area (Å²) < 4.78 is 0. The number of nitrogens with two attached hydrogens (primary N) is 1. The molecule has 0 aromatic carbocycles. The van der Waals surface area contributed by atoms with Crippen LogP contribution in [0.2, 0.25) is 0 Å². The third-order valence-corrected chi connectivity index (χ3v) is 2.91. The lowest BCUT2D eigenvalue weighted by atomic mass is 10.2. The summed E-state index contributed by atoms with van der Waals surface area (Å²) in [5.74, 6) is 0.787. The lowest BCUT2D eigenvalue weighted by Crippen LogP contribution is -2.02. The van der Waals surface area contributed by atoms with Gasteiger partial charge in [0.1, 0.15) is 0 Å². The SMILES string of the molecule is Cc1nc(-c2cccs2)ncc1CN. The van der Waals surface area contributed by atoms with Crippen LogP contribution in [0.1, 0.15) is 11.3 Å². The predicted molar refractivity (Wildman–Crippen MR) is 58.0 cm³/mol. The summed E-state index contributed by atoms with van der Waals surface area (Å²) in [6.07, 6.45) is 1.80. The van der Waals surface area contributed by atoms with Crippen molar-refractivity contribution in [3.8, 4) is 10.7 Å². The molecule has 0 amide bonds. The molecule has 0 bridgehead atoms. The van der Waals surface area contributed by atoms with Crippen LogP contribution in [0.15, 0.2) is 23.7 Å². The topological polar surface area (TPSA) is 51.8 Å². The van der Waals surface area contributed by atoms with Crippen LogP contribution in [-0.2, 0) is 6.54 Å². The maximum Gasteiger partial charge on any atom is 0.169 e. The van der Waals surface area contributed by atoms with Gasteiger partial charge in [-0.1, -0.05) is 6.07 Å². The number of hydrogen-bond donors (Lipinski definition) is 1. The molecule has 0 aliphatic heterocycles. The summed E-state index contributed by atoms with van der Waals surface area (Å²) in [6.45, 7) is 2.46. The Morgan fingerprint density at radius 2 is 2.36 bits per heavy atom. The summed E-state index contributed by atoms with van der Waals surface area (Å²) in [5.41, 5.74) is 7.51. The number of rotatable bonds is 2. The summed E-state index contributed by atoms with van der Waals surface area (Å²) in [7, 11) is 0. The molecule has 2 aromatic rings. The van der Waals surface area contributed by atoms with Crippen molar-refractivity contribution in [2.45, 2.75) is 13.5 Å². The van der Waals surface area contributed by atoms with Crippen LogP contribution >= 0.6 is 11.3 Å². The van der Waals surface area contributed by atoms with Crippen LogP contribution in [0.4, 0.5) is 0 Å². The standard InChI is InChI=1S/C10H11N3S/c1-7-8(5-11)6-12-10(13-7)9-3-2-4-14-9/h2-4,6H,5,11H2,1H3. The summed E-state index contributed by atoms with van der Waals surface area (Å²) >= 11 is 1.64. The van der Waals surface area contributed by atoms with Gasteiger partial charge in [-0.25, -0.2) is 9.97 Å². The van der Waals surface area contributed by atoms with Crippen LogP contribution in [-0.4, -0.2) is 9.97 Å². The van der Waals surface area contributed by atoms with Crippen molar-refractivity contribution in [3.05, 3.63) is 35.0 Å². The van der Waals surface area contributed by atoms with Crippen LogP contribution in [0, 0.1) is 6.92 Å². The second-order valence-electron chi connectivity index (χ2n) is 2.99. The highest BCUT2D eigenvalue weighted by Crippen LogP contribution is 2.21. The van der Waals surface area contributed by atoms with E-state index in [4.69, 9.17) is 5.73 Å². The normalized spacial score (nSPS) is 10.4. The van der Waals surface area contributed by atoms with E-state index >= 15 is 0 Å². The highest BCUT2D eigenvalue weighted by atomic mass is 32.1. The molecular weight excluding hydrogens is 194 g/mol. The monoisotopic (exact) mass is 205 g/mol. The number of aromatic nitrogens is 2. The number of thiophene rings is 1. The Morgan fingerprint density at radius 1 is 1.50 bits per heavy atom. The van der Waals surface area contributed by atoms with Gasteiger partial charge in [-0.3, -0.25) is 0 Å². The Balaban J connectivity index is 2.43. The van der Waals surface area contributed by atoms with Gasteiger partial charge in [-0.2, -0.15) is 0 Å². The molecule has 2 aromatic heterocycles. The van der Waals surface area contributed by atoms with E-state index in [0.29, 0.717) is 6.54 Å². The fraction of sp³-hybridized carbons (Fsp3) is 0.200. The molecule has 0 aliphatic carbocycles. The van der Waals surface area contributed by atoms with Crippen molar-refractivity contribution in [3.63, 3.8) is 0 Å². The Bertz CT molecular complexity index is 423. The number of nitrogens with zero attached hydrogens (tertiary/aromatic N) is 2. The third kappa shape index (κ3) is 1.66. The molecule has 0 unspecified atom stereocenters. The minimum atomic E-state index is 0.497. The zero-order valence-electron chi connectivity index (χ0n) is 7.90. The molecule has 72 valence electrons. The molecule has 3 nitrogen and oxygen atoms in total. The van der Waals surface area contributed by atoms with Gasteiger partial charge in [0.2, 0.25) is 0 Å². The van der Waals surface area contributed by atoms with E-state index in [1.807, 2.05) is 24.4 Å². The third-order valence-electron chi connectivity index (χ3n) is 2.04. The first-order valence-electron chi connectivity index (χ1n) is 4.37. The first-order valence-corrected chi connectivity index (χ1v) is 5.25. The van der Waals surface area contributed by atoms with Gasteiger partial charge in [0.15, 0.2) is 5.82 Å². The zero-order valence-corrected chi connectivity index (χ0v) is 8.71. The Labute approximate surface area is 86.6 Å². The highest BCUT2D eigenvalue weighted by molar-refractivity contribution is 7.13. The van der Waals surface area contributed by atoms with Gasteiger partial charge in [0, 0.05) is 24.0 Å². The maximum absolute atomic E-state index is 5.54. The predicted octanol–water partition coefficient (Wildman–Crippen LogP) is 1.97. The first kappa shape index (κ1) is 9.30. The van der Waals surface area contributed by atoms with Crippen LogP contribution < -0.4 is 5.73 Å². The molecule has 0 aliphatic rings. The van der Waals surface area contributed by atoms with Crippen molar-refractivity contribution in [2.75, 3.05) is 0 Å². The second kappa shape index (κ2) is 3.86. The highest BCUT2D eigenvalue weighted by Gasteiger charge is 2.04. The van der Waals surface area contributed by atoms with Crippen molar-refractivity contribution >= 4 is 11.3 Å².